The van der Waals surface area contributed by atoms with Crippen LogP contribution in [0.1, 0.15) is 30.3 Å². The van der Waals surface area contributed by atoms with Crippen molar-refractivity contribution in [2.75, 3.05) is 6.54 Å². The number of carboxylic acid groups (broad SMARTS) is 1. The number of fused-ring (bicyclic) bond motifs is 1. The van der Waals surface area contributed by atoms with Crippen LogP contribution in [0.2, 0.25) is 0 Å². The third-order valence-corrected chi connectivity index (χ3v) is 5.56. The minimum Gasteiger partial charge on any atom is -0.481 e. The maximum Gasteiger partial charge on any atom is 0.303 e. The molecule has 0 unspecified atom stereocenters. The summed E-state index contributed by atoms with van der Waals surface area (Å²) in [5.74, 6) is -1.18. The largest absolute Gasteiger partial charge is 0.481 e. The van der Waals surface area contributed by atoms with E-state index in [0.29, 0.717) is 32.2 Å². The number of hydrogen-bond donors (Lipinski definition) is 3. The molecule has 0 aromatic heterocycles. The molecular weight excluding hydrogens is 386 g/mol. The molecule has 3 rings (SSSR count). The molecule has 1 saturated heterocycles. The van der Waals surface area contributed by atoms with Gasteiger partial charge in [-0.1, -0.05) is 60.4 Å². The molecule has 1 fully saturated rings. The number of aliphatic carboxylic acids is 1. The van der Waals surface area contributed by atoms with Crippen LogP contribution < -0.4 is 0 Å². The second-order valence-corrected chi connectivity index (χ2v) is 7.67. The number of hydrogen-bond acceptors (Lipinski definition) is 6. The fourth-order valence-corrected chi connectivity index (χ4v) is 4.26. The van der Waals surface area contributed by atoms with E-state index in [2.05, 4.69) is 0 Å². The second-order valence-electron chi connectivity index (χ2n) is 6.00. The first kappa shape index (κ1) is 19.5. The number of aliphatic hydroxyl groups is 2. The molecule has 0 spiro atoms. The molecular formula is C19H17NO5S2. The van der Waals surface area contributed by atoms with E-state index >= 15 is 0 Å². The Hall–Kier alpha value is -2.26. The number of amides is 1. The molecule has 0 radical (unpaired) electrons. The maximum absolute atomic E-state index is 12.7. The van der Waals surface area contributed by atoms with Crippen molar-refractivity contribution < 1.29 is 24.9 Å². The van der Waals surface area contributed by atoms with Crippen molar-refractivity contribution in [1.29, 1.82) is 0 Å². The van der Waals surface area contributed by atoms with Crippen molar-refractivity contribution in [3.05, 3.63) is 52.4 Å². The number of carboxylic acids is 1. The highest BCUT2D eigenvalue weighted by Crippen LogP contribution is 2.35. The van der Waals surface area contributed by atoms with Gasteiger partial charge >= 0.3 is 5.97 Å². The summed E-state index contributed by atoms with van der Waals surface area (Å²) in [6, 6.07) is 10.7. The average molecular weight is 403 g/mol. The first-order chi connectivity index (χ1) is 12.9. The molecule has 8 heteroatoms. The van der Waals surface area contributed by atoms with E-state index < -0.39 is 12.3 Å². The zero-order chi connectivity index (χ0) is 19.6. The smallest absolute Gasteiger partial charge is 0.303 e. The summed E-state index contributed by atoms with van der Waals surface area (Å²) in [7, 11) is 0. The Bertz CT molecular complexity index is 949. The summed E-state index contributed by atoms with van der Waals surface area (Å²) in [6.07, 6.45) is 0.347. The molecule has 6 nitrogen and oxygen atoms in total. The molecule has 1 heterocycles. The molecule has 1 aliphatic rings. The standard InChI is InChI=1S/C19H17NO5S2/c21-15(22)8-3-9-20-17(23)14(27-19(20)26)10-12-6-1-4-11-5-2-7-13(16(11)12)18(24)25/h1-2,4-7,10,18,24-25H,3,8-9H2,(H,21,22)/b14-10-. The van der Waals surface area contributed by atoms with Crippen molar-refractivity contribution >= 4 is 57.0 Å². The Morgan fingerprint density at radius 2 is 1.93 bits per heavy atom. The van der Waals surface area contributed by atoms with Crippen molar-refractivity contribution in [1.82, 2.24) is 4.90 Å². The van der Waals surface area contributed by atoms with Crippen LogP contribution in [-0.2, 0) is 9.59 Å². The molecule has 1 aliphatic heterocycles. The SMILES string of the molecule is O=C(O)CCCN1C(=O)/C(=C/c2cccc3cccc(C(O)O)c23)SC1=S. The van der Waals surface area contributed by atoms with Crippen LogP contribution in [0.25, 0.3) is 16.8 Å². The number of carbonyl (C=O) groups is 2. The maximum atomic E-state index is 12.7. The zero-order valence-corrected chi connectivity index (χ0v) is 15.8. The van der Waals surface area contributed by atoms with Gasteiger partial charge < -0.3 is 15.3 Å². The van der Waals surface area contributed by atoms with E-state index in [4.69, 9.17) is 17.3 Å². The van der Waals surface area contributed by atoms with E-state index in [-0.39, 0.29) is 18.9 Å². The van der Waals surface area contributed by atoms with Crippen LogP contribution in [-0.4, -0.2) is 43.0 Å². The first-order valence-electron chi connectivity index (χ1n) is 8.23. The summed E-state index contributed by atoms with van der Waals surface area (Å²) in [6.45, 7) is 0.254. The highest BCUT2D eigenvalue weighted by molar-refractivity contribution is 8.26. The Morgan fingerprint density at radius 3 is 2.59 bits per heavy atom. The van der Waals surface area contributed by atoms with Crippen LogP contribution in [0.3, 0.4) is 0 Å². The minimum absolute atomic E-state index is 0.0306. The number of nitrogens with zero attached hydrogens (tertiary/aromatic N) is 1. The fourth-order valence-electron chi connectivity index (χ4n) is 2.96. The van der Waals surface area contributed by atoms with Gasteiger partial charge in [-0.25, -0.2) is 0 Å². The molecule has 1 amide bonds. The van der Waals surface area contributed by atoms with Gasteiger partial charge in [-0.3, -0.25) is 14.5 Å². The first-order valence-corrected chi connectivity index (χ1v) is 9.46. The normalized spacial score (nSPS) is 16.1. The minimum atomic E-state index is -1.63. The lowest BCUT2D eigenvalue weighted by molar-refractivity contribution is -0.137. The zero-order valence-electron chi connectivity index (χ0n) is 14.2. The molecule has 2 aromatic carbocycles. The molecule has 0 atom stereocenters. The van der Waals surface area contributed by atoms with Crippen molar-refractivity contribution in [2.45, 2.75) is 19.1 Å². The van der Waals surface area contributed by atoms with Crippen molar-refractivity contribution in [2.24, 2.45) is 0 Å². The third kappa shape index (κ3) is 4.19. The van der Waals surface area contributed by atoms with Gasteiger partial charge in [0.25, 0.3) is 5.91 Å². The molecule has 2 aromatic rings. The number of benzene rings is 2. The number of rotatable bonds is 6. The molecule has 140 valence electrons. The predicted octanol–water partition coefficient (Wildman–Crippen LogP) is 2.89. The molecule has 0 aliphatic carbocycles. The van der Waals surface area contributed by atoms with Crippen LogP contribution in [0.5, 0.6) is 0 Å². The highest BCUT2D eigenvalue weighted by Gasteiger charge is 2.31. The lowest BCUT2D eigenvalue weighted by Crippen LogP contribution is -2.29. The van der Waals surface area contributed by atoms with Gasteiger partial charge in [0.1, 0.15) is 4.32 Å². The number of thiocarbonyl (C=S) groups is 1. The Balaban J connectivity index is 1.94. The van der Waals surface area contributed by atoms with Crippen LogP contribution >= 0.6 is 24.0 Å². The lowest BCUT2D eigenvalue weighted by atomic mass is 9.98. The van der Waals surface area contributed by atoms with Gasteiger partial charge in [-0.2, -0.15) is 0 Å². The Kier molecular flexibility index (Phi) is 5.91. The van der Waals surface area contributed by atoms with E-state index in [9.17, 15) is 19.8 Å². The number of thioether (sulfide) groups is 1. The van der Waals surface area contributed by atoms with Crippen LogP contribution in [0.15, 0.2) is 41.3 Å². The molecule has 3 N–H and O–H groups in total. The van der Waals surface area contributed by atoms with E-state index in [0.717, 1.165) is 17.1 Å². The summed E-state index contributed by atoms with van der Waals surface area (Å²) in [5.41, 5.74) is 1.04. The van der Waals surface area contributed by atoms with Gasteiger partial charge in [0.05, 0.1) is 4.91 Å². The van der Waals surface area contributed by atoms with Crippen molar-refractivity contribution in [3.63, 3.8) is 0 Å². The molecule has 0 saturated carbocycles. The van der Waals surface area contributed by atoms with Crippen LogP contribution in [0, 0.1) is 0 Å². The summed E-state index contributed by atoms with van der Waals surface area (Å²) in [4.78, 5) is 25.1. The Labute approximate surface area is 165 Å². The number of aliphatic hydroxyl groups excluding tert-OH is 1. The van der Waals surface area contributed by atoms with Gasteiger partial charge in [0.15, 0.2) is 6.29 Å². The average Bonchev–Trinajstić information content (AvgIpc) is 2.88. The van der Waals surface area contributed by atoms with Gasteiger partial charge in [-0.05, 0) is 28.8 Å². The van der Waals surface area contributed by atoms with Gasteiger partial charge in [0, 0.05) is 18.5 Å². The molecule has 0 bridgehead atoms. The monoisotopic (exact) mass is 403 g/mol. The van der Waals surface area contributed by atoms with Crippen LogP contribution in [0.4, 0.5) is 0 Å². The summed E-state index contributed by atoms with van der Waals surface area (Å²) in [5, 5.41) is 29.6. The topological polar surface area (TPSA) is 98.1 Å². The van der Waals surface area contributed by atoms with E-state index in [1.54, 1.807) is 24.3 Å². The molecule has 27 heavy (non-hydrogen) atoms. The summed E-state index contributed by atoms with van der Waals surface area (Å²) < 4.78 is 0.388. The van der Waals surface area contributed by atoms with Gasteiger partial charge in [0.2, 0.25) is 0 Å². The predicted molar refractivity (Wildman–Crippen MR) is 108 cm³/mol. The van der Waals surface area contributed by atoms with Gasteiger partial charge in [-0.15, -0.1) is 0 Å². The quantitative estimate of drug-likeness (QED) is 0.388. The second kappa shape index (κ2) is 8.18. The highest BCUT2D eigenvalue weighted by atomic mass is 32.2. The lowest BCUT2D eigenvalue weighted by Gasteiger charge is -2.13. The van der Waals surface area contributed by atoms with E-state index in [1.807, 2.05) is 18.2 Å². The number of carbonyl (C=O) groups excluding carboxylic acids is 1. The Morgan fingerprint density at radius 1 is 1.22 bits per heavy atom. The summed E-state index contributed by atoms with van der Waals surface area (Å²) >= 11 is 6.41. The third-order valence-electron chi connectivity index (χ3n) is 4.18. The fraction of sp³-hybridized carbons (Fsp3) is 0.211. The van der Waals surface area contributed by atoms with E-state index in [1.165, 1.54) is 4.90 Å². The van der Waals surface area contributed by atoms with Crippen molar-refractivity contribution in [3.8, 4) is 0 Å².